The van der Waals surface area contributed by atoms with Gasteiger partial charge >= 0.3 is 0 Å². The predicted molar refractivity (Wildman–Crippen MR) is 82.5 cm³/mol. The van der Waals surface area contributed by atoms with E-state index in [1.54, 1.807) is 23.7 Å². The Morgan fingerprint density at radius 1 is 1.38 bits per heavy atom. The maximum absolute atomic E-state index is 12.8. The van der Waals surface area contributed by atoms with Crippen LogP contribution in [0.4, 0.5) is 0 Å². The Hall–Kier alpha value is -1.88. The third kappa shape index (κ3) is 2.21. The number of ether oxygens (including phenoxy) is 1. The third-order valence-corrected chi connectivity index (χ3v) is 4.21. The second-order valence-corrected chi connectivity index (χ2v) is 5.70. The van der Waals surface area contributed by atoms with Gasteiger partial charge in [0, 0.05) is 12.6 Å². The van der Waals surface area contributed by atoms with Crippen LogP contribution in [-0.4, -0.2) is 21.5 Å². The van der Waals surface area contributed by atoms with Crippen molar-refractivity contribution in [1.82, 2.24) is 4.57 Å². The van der Waals surface area contributed by atoms with Crippen molar-refractivity contribution in [3.63, 3.8) is 0 Å². The van der Waals surface area contributed by atoms with Crippen molar-refractivity contribution in [2.24, 2.45) is 7.05 Å². The zero-order valence-electron chi connectivity index (χ0n) is 11.8. The molecule has 0 aliphatic carbocycles. The number of rotatable bonds is 2. The molecule has 5 heteroatoms. The van der Waals surface area contributed by atoms with Gasteiger partial charge in [0.1, 0.15) is 12.4 Å². The lowest BCUT2D eigenvalue weighted by molar-refractivity contribution is 0.101. The number of aromatic nitrogens is 1. The van der Waals surface area contributed by atoms with Gasteiger partial charge in [0.05, 0.1) is 22.3 Å². The monoisotopic (exact) mass is 347 g/mol. The first-order chi connectivity index (χ1) is 10.0. The zero-order valence-corrected chi connectivity index (χ0v) is 13.4. The first kappa shape index (κ1) is 14.1. The molecule has 21 heavy (non-hydrogen) atoms. The number of nitrogens with zero attached hydrogens (tertiary/aromatic N) is 1. The van der Waals surface area contributed by atoms with Crippen molar-refractivity contribution in [2.75, 3.05) is 5.33 Å². The summed E-state index contributed by atoms with van der Waals surface area (Å²) in [6.45, 7) is 2.25. The fourth-order valence-corrected chi connectivity index (χ4v) is 2.92. The van der Waals surface area contributed by atoms with Gasteiger partial charge in [0.25, 0.3) is 0 Å². The zero-order chi connectivity index (χ0) is 15.1. The molecule has 0 saturated heterocycles. The largest absolute Gasteiger partial charge is 0.488 e. The summed E-state index contributed by atoms with van der Waals surface area (Å²) in [7, 11) is 1.74. The predicted octanol–water partition coefficient (Wildman–Crippen LogP) is 3.03. The summed E-state index contributed by atoms with van der Waals surface area (Å²) in [6.07, 6.45) is 0. The molecule has 1 aliphatic rings. The molecule has 0 unspecified atom stereocenters. The van der Waals surface area contributed by atoms with E-state index < -0.39 is 0 Å². The van der Waals surface area contributed by atoms with E-state index in [0.717, 1.165) is 11.1 Å². The number of halogens is 1. The van der Waals surface area contributed by atoms with Crippen molar-refractivity contribution >= 4 is 27.5 Å². The second kappa shape index (κ2) is 5.15. The quantitative estimate of drug-likeness (QED) is 0.619. The summed E-state index contributed by atoms with van der Waals surface area (Å²) < 4.78 is 7.42. The maximum atomic E-state index is 12.8. The van der Waals surface area contributed by atoms with Crippen LogP contribution < -0.4 is 4.74 Å². The third-order valence-electron chi connectivity index (χ3n) is 3.70. The van der Waals surface area contributed by atoms with Crippen LogP contribution >= 0.6 is 15.9 Å². The SMILES string of the molecule is Cc1ccc2c(c1)OCc1cc(C(=O)CBr)n(C)c1C2=O. The molecular weight excluding hydrogens is 334 g/mol. The van der Waals surface area contributed by atoms with Crippen molar-refractivity contribution in [2.45, 2.75) is 13.5 Å². The highest BCUT2D eigenvalue weighted by Crippen LogP contribution is 2.30. The Morgan fingerprint density at radius 3 is 2.86 bits per heavy atom. The molecule has 0 N–H and O–H groups in total. The van der Waals surface area contributed by atoms with E-state index in [-0.39, 0.29) is 16.9 Å². The highest BCUT2D eigenvalue weighted by Gasteiger charge is 2.28. The van der Waals surface area contributed by atoms with E-state index in [1.165, 1.54) is 0 Å². The number of benzene rings is 1. The van der Waals surface area contributed by atoms with Gasteiger partial charge in [0.15, 0.2) is 5.78 Å². The van der Waals surface area contributed by atoms with Crippen molar-refractivity contribution in [3.05, 3.63) is 52.3 Å². The van der Waals surface area contributed by atoms with Crippen LogP contribution in [-0.2, 0) is 13.7 Å². The van der Waals surface area contributed by atoms with Crippen molar-refractivity contribution < 1.29 is 14.3 Å². The summed E-state index contributed by atoms with van der Waals surface area (Å²) in [5.41, 5.74) is 3.38. The fraction of sp³-hybridized carbons (Fsp3) is 0.250. The summed E-state index contributed by atoms with van der Waals surface area (Å²) >= 11 is 3.16. The molecule has 1 aliphatic heterocycles. The summed E-state index contributed by atoms with van der Waals surface area (Å²) in [6, 6.07) is 7.28. The molecule has 1 aromatic carbocycles. The number of carbonyl (C=O) groups is 2. The molecule has 0 radical (unpaired) electrons. The summed E-state index contributed by atoms with van der Waals surface area (Å²) in [5.74, 6) is 0.445. The van der Waals surface area contributed by atoms with Gasteiger partial charge in [-0.15, -0.1) is 0 Å². The van der Waals surface area contributed by atoms with Crippen LogP contribution in [0.15, 0.2) is 24.3 Å². The molecule has 0 fully saturated rings. The van der Waals surface area contributed by atoms with Gasteiger partial charge in [-0.3, -0.25) is 9.59 Å². The van der Waals surface area contributed by atoms with Crippen LogP contribution in [0.1, 0.15) is 37.7 Å². The normalized spacial score (nSPS) is 13.2. The molecule has 108 valence electrons. The minimum Gasteiger partial charge on any atom is -0.488 e. The molecule has 0 saturated carbocycles. The van der Waals surface area contributed by atoms with Gasteiger partial charge in [-0.05, 0) is 30.7 Å². The van der Waals surface area contributed by atoms with Gasteiger partial charge in [-0.2, -0.15) is 0 Å². The van der Waals surface area contributed by atoms with Gasteiger partial charge < -0.3 is 9.30 Å². The second-order valence-electron chi connectivity index (χ2n) is 5.14. The molecule has 1 aromatic heterocycles. The van der Waals surface area contributed by atoms with E-state index in [2.05, 4.69) is 15.9 Å². The first-order valence-electron chi connectivity index (χ1n) is 6.59. The first-order valence-corrected chi connectivity index (χ1v) is 7.71. The number of hydrogen-bond acceptors (Lipinski definition) is 3. The molecule has 2 aromatic rings. The summed E-state index contributed by atoms with van der Waals surface area (Å²) in [4.78, 5) is 24.7. The van der Waals surface area contributed by atoms with Crippen molar-refractivity contribution in [3.8, 4) is 5.75 Å². The highest BCUT2D eigenvalue weighted by atomic mass is 79.9. The molecule has 2 heterocycles. The molecule has 0 amide bonds. The summed E-state index contributed by atoms with van der Waals surface area (Å²) in [5, 5.41) is 0.231. The Kier molecular flexibility index (Phi) is 3.45. The topological polar surface area (TPSA) is 48.3 Å². The molecule has 4 nitrogen and oxygen atoms in total. The Balaban J connectivity index is 2.16. The van der Waals surface area contributed by atoms with Gasteiger partial charge in [-0.25, -0.2) is 0 Å². The van der Waals surface area contributed by atoms with Crippen LogP contribution in [0.25, 0.3) is 0 Å². The highest BCUT2D eigenvalue weighted by molar-refractivity contribution is 9.09. The Bertz CT molecular complexity index is 761. The van der Waals surface area contributed by atoms with Crippen LogP contribution in [0, 0.1) is 6.92 Å². The van der Waals surface area contributed by atoms with E-state index in [9.17, 15) is 9.59 Å². The number of alkyl halides is 1. The van der Waals surface area contributed by atoms with Crippen LogP contribution in [0.5, 0.6) is 5.75 Å². The Morgan fingerprint density at radius 2 is 2.14 bits per heavy atom. The van der Waals surface area contributed by atoms with Crippen molar-refractivity contribution in [1.29, 1.82) is 0 Å². The maximum Gasteiger partial charge on any atom is 0.213 e. The lowest BCUT2D eigenvalue weighted by atomic mass is 10.0. The van der Waals surface area contributed by atoms with Crippen LogP contribution in [0.2, 0.25) is 0 Å². The lowest BCUT2D eigenvalue weighted by Gasteiger charge is -2.08. The molecule has 0 bridgehead atoms. The van der Waals surface area contributed by atoms with E-state index in [4.69, 9.17) is 4.74 Å². The van der Waals surface area contributed by atoms with Gasteiger partial charge in [-0.1, -0.05) is 22.0 Å². The molecule has 3 rings (SSSR count). The van der Waals surface area contributed by atoms with E-state index in [1.807, 2.05) is 19.1 Å². The minimum atomic E-state index is -0.103. The lowest BCUT2D eigenvalue weighted by Crippen LogP contribution is -2.13. The smallest absolute Gasteiger partial charge is 0.213 e. The van der Waals surface area contributed by atoms with Crippen LogP contribution in [0.3, 0.4) is 0 Å². The molecule has 0 atom stereocenters. The number of carbonyl (C=O) groups excluding carboxylic acids is 2. The average molecular weight is 348 g/mol. The number of fused-ring (bicyclic) bond motifs is 2. The van der Waals surface area contributed by atoms with E-state index in [0.29, 0.717) is 29.3 Å². The minimum absolute atomic E-state index is 0.0532. The number of Topliss-reactive ketones (excluding diaryl/α,β-unsaturated/α-hetero) is 1. The average Bonchev–Trinajstić information content (AvgIpc) is 2.73. The fourth-order valence-electron chi connectivity index (χ4n) is 2.63. The number of aryl methyl sites for hydroxylation is 1. The molecular formula is C16H14BrNO3. The standard InChI is InChI=1S/C16H14BrNO3/c1-9-3-4-11-14(5-9)21-8-10-6-12(13(19)7-17)18(2)15(10)16(11)20/h3-6H,7-8H2,1-2H3. The van der Waals surface area contributed by atoms with E-state index >= 15 is 0 Å². The Labute approximate surface area is 130 Å². The number of ketones is 2. The van der Waals surface area contributed by atoms with Gasteiger partial charge in [0.2, 0.25) is 5.78 Å². The molecule has 0 spiro atoms. The number of hydrogen-bond donors (Lipinski definition) is 0.